The molecule has 0 saturated heterocycles. The van der Waals surface area contributed by atoms with Gasteiger partial charge in [-0.1, -0.05) is 42.5 Å². The summed E-state index contributed by atoms with van der Waals surface area (Å²) in [5, 5.41) is 13.0. The Morgan fingerprint density at radius 3 is 2.24 bits per heavy atom. The average molecular weight is 279 g/mol. The Kier molecular flexibility index (Phi) is 4.03. The van der Waals surface area contributed by atoms with Crippen molar-refractivity contribution in [3.8, 4) is 5.75 Å². The van der Waals surface area contributed by atoms with Crippen LogP contribution in [0.25, 0.3) is 0 Å². The molecule has 0 bridgehead atoms. The highest BCUT2D eigenvalue weighted by atomic mass is 16.3. The molecule has 0 amide bonds. The third kappa shape index (κ3) is 3.33. The van der Waals surface area contributed by atoms with Crippen LogP contribution >= 0.6 is 0 Å². The van der Waals surface area contributed by atoms with Crippen LogP contribution in [0.5, 0.6) is 5.75 Å². The summed E-state index contributed by atoms with van der Waals surface area (Å²) >= 11 is 0. The highest BCUT2D eigenvalue weighted by Crippen LogP contribution is 2.24. The molecule has 0 fully saturated rings. The van der Waals surface area contributed by atoms with Crippen molar-refractivity contribution in [1.29, 1.82) is 0 Å². The number of benzene rings is 2. The van der Waals surface area contributed by atoms with E-state index in [1.165, 1.54) is 5.56 Å². The molecule has 0 unspecified atom stereocenters. The summed E-state index contributed by atoms with van der Waals surface area (Å²) < 4.78 is 5.37. The zero-order valence-electron chi connectivity index (χ0n) is 11.6. The maximum atomic E-state index is 9.45. The van der Waals surface area contributed by atoms with Gasteiger partial charge in [0.05, 0.1) is 18.8 Å². The van der Waals surface area contributed by atoms with E-state index in [9.17, 15) is 5.11 Å². The van der Waals surface area contributed by atoms with E-state index in [-0.39, 0.29) is 11.8 Å². The maximum absolute atomic E-state index is 9.45. The van der Waals surface area contributed by atoms with Gasteiger partial charge >= 0.3 is 0 Å². The molecule has 0 radical (unpaired) electrons. The van der Waals surface area contributed by atoms with Crippen molar-refractivity contribution in [3.05, 3.63) is 89.9 Å². The Labute approximate surface area is 123 Å². The van der Waals surface area contributed by atoms with Crippen LogP contribution in [-0.2, 0) is 6.54 Å². The number of hydrogen-bond donors (Lipinski definition) is 2. The number of nitrogens with one attached hydrogen (secondary N) is 1. The lowest BCUT2D eigenvalue weighted by molar-refractivity contribution is 0.465. The summed E-state index contributed by atoms with van der Waals surface area (Å²) in [6, 6.07) is 21.4. The average Bonchev–Trinajstić information content (AvgIpc) is 3.04. The van der Waals surface area contributed by atoms with E-state index in [0.717, 1.165) is 11.3 Å². The molecular formula is C18H17NO2. The Balaban J connectivity index is 1.85. The number of aromatic hydroxyl groups is 1. The second kappa shape index (κ2) is 6.29. The molecule has 1 aromatic heterocycles. The molecule has 106 valence electrons. The molecule has 3 heteroatoms. The summed E-state index contributed by atoms with van der Waals surface area (Å²) in [6.07, 6.45) is 1.68. The van der Waals surface area contributed by atoms with Gasteiger partial charge in [0.1, 0.15) is 11.5 Å². The molecule has 1 atom stereocenters. The minimum absolute atomic E-state index is 0.0527. The van der Waals surface area contributed by atoms with Crippen molar-refractivity contribution in [2.75, 3.05) is 0 Å². The van der Waals surface area contributed by atoms with Crippen molar-refractivity contribution >= 4 is 0 Å². The van der Waals surface area contributed by atoms with Crippen LogP contribution in [0.1, 0.15) is 22.9 Å². The van der Waals surface area contributed by atoms with Crippen LogP contribution in [-0.4, -0.2) is 5.11 Å². The molecule has 0 aliphatic rings. The lowest BCUT2D eigenvalue weighted by atomic mass is 9.98. The molecule has 0 aliphatic heterocycles. The zero-order valence-corrected chi connectivity index (χ0v) is 11.6. The molecule has 0 saturated carbocycles. The van der Waals surface area contributed by atoms with Gasteiger partial charge in [0.25, 0.3) is 0 Å². The predicted molar refractivity (Wildman–Crippen MR) is 81.9 cm³/mol. The van der Waals surface area contributed by atoms with Crippen molar-refractivity contribution in [2.45, 2.75) is 12.6 Å². The van der Waals surface area contributed by atoms with Gasteiger partial charge in [0.2, 0.25) is 0 Å². The fourth-order valence-electron chi connectivity index (χ4n) is 2.36. The van der Waals surface area contributed by atoms with Gasteiger partial charge < -0.3 is 9.52 Å². The maximum Gasteiger partial charge on any atom is 0.117 e. The number of phenols is 1. The van der Waals surface area contributed by atoms with Gasteiger partial charge in [-0.3, -0.25) is 5.32 Å². The summed E-state index contributed by atoms with van der Waals surface area (Å²) in [4.78, 5) is 0. The number of hydrogen-bond acceptors (Lipinski definition) is 3. The monoisotopic (exact) mass is 279 g/mol. The Morgan fingerprint density at radius 1 is 0.857 bits per heavy atom. The lowest BCUT2D eigenvalue weighted by Crippen LogP contribution is -2.21. The Hall–Kier alpha value is -2.52. The smallest absolute Gasteiger partial charge is 0.117 e. The fourth-order valence-corrected chi connectivity index (χ4v) is 2.36. The normalized spacial score (nSPS) is 12.2. The second-order valence-corrected chi connectivity index (χ2v) is 4.90. The van der Waals surface area contributed by atoms with Crippen LogP contribution in [0.3, 0.4) is 0 Å². The van der Waals surface area contributed by atoms with E-state index in [1.54, 1.807) is 18.4 Å². The van der Waals surface area contributed by atoms with Crippen molar-refractivity contribution in [3.63, 3.8) is 0 Å². The number of furan rings is 1. The number of phenolic OH excluding ortho intramolecular Hbond substituents is 1. The standard InChI is InChI=1S/C18H17NO2/c20-16-10-8-15(9-11-16)18(14-5-2-1-3-6-14)19-13-17-7-4-12-21-17/h1-12,18-20H,13H2/t18-/m0/s1. The van der Waals surface area contributed by atoms with Crippen LogP contribution < -0.4 is 5.32 Å². The van der Waals surface area contributed by atoms with E-state index < -0.39 is 0 Å². The zero-order chi connectivity index (χ0) is 14.5. The van der Waals surface area contributed by atoms with Crippen LogP contribution in [0.2, 0.25) is 0 Å². The summed E-state index contributed by atoms with van der Waals surface area (Å²) in [5.74, 6) is 1.17. The highest BCUT2D eigenvalue weighted by molar-refractivity contribution is 5.35. The number of rotatable bonds is 5. The van der Waals surface area contributed by atoms with Gasteiger partial charge in [-0.15, -0.1) is 0 Å². The molecular weight excluding hydrogens is 262 g/mol. The van der Waals surface area contributed by atoms with Gasteiger partial charge in [-0.25, -0.2) is 0 Å². The minimum Gasteiger partial charge on any atom is -0.508 e. The quantitative estimate of drug-likeness (QED) is 0.745. The Morgan fingerprint density at radius 2 is 1.57 bits per heavy atom. The van der Waals surface area contributed by atoms with E-state index in [4.69, 9.17) is 4.42 Å². The second-order valence-electron chi connectivity index (χ2n) is 4.90. The van der Waals surface area contributed by atoms with Gasteiger partial charge in [0, 0.05) is 0 Å². The molecule has 21 heavy (non-hydrogen) atoms. The highest BCUT2D eigenvalue weighted by Gasteiger charge is 2.13. The molecule has 0 spiro atoms. The molecule has 3 rings (SSSR count). The van der Waals surface area contributed by atoms with E-state index >= 15 is 0 Å². The largest absolute Gasteiger partial charge is 0.508 e. The first-order chi connectivity index (χ1) is 10.3. The summed E-state index contributed by atoms with van der Waals surface area (Å²) in [5.41, 5.74) is 2.28. The SMILES string of the molecule is Oc1ccc([C@@H](NCc2ccco2)c2ccccc2)cc1. The van der Waals surface area contributed by atoms with Gasteiger partial charge in [0.15, 0.2) is 0 Å². The van der Waals surface area contributed by atoms with Crippen molar-refractivity contribution in [1.82, 2.24) is 5.32 Å². The van der Waals surface area contributed by atoms with E-state index in [2.05, 4.69) is 17.4 Å². The molecule has 1 heterocycles. The van der Waals surface area contributed by atoms with Crippen molar-refractivity contribution < 1.29 is 9.52 Å². The van der Waals surface area contributed by atoms with Gasteiger partial charge in [-0.2, -0.15) is 0 Å². The Bertz CT molecular complexity index is 660. The van der Waals surface area contributed by atoms with Gasteiger partial charge in [-0.05, 0) is 35.4 Å². The third-order valence-electron chi connectivity index (χ3n) is 3.42. The first-order valence-corrected chi connectivity index (χ1v) is 6.92. The molecule has 2 aromatic carbocycles. The van der Waals surface area contributed by atoms with Crippen LogP contribution in [0.4, 0.5) is 0 Å². The topological polar surface area (TPSA) is 45.4 Å². The van der Waals surface area contributed by atoms with Crippen LogP contribution in [0, 0.1) is 0 Å². The third-order valence-corrected chi connectivity index (χ3v) is 3.42. The minimum atomic E-state index is 0.0527. The predicted octanol–water partition coefficient (Wildman–Crippen LogP) is 3.86. The van der Waals surface area contributed by atoms with Crippen LogP contribution in [0.15, 0.2) is 77.4 Å². The molecule has 3 nitrogen and oxygen atoms in total. The lowest BCUT2D eigenvalue weighted by Gasteiger charge is -2.19. The summed E-state index contributed by atoms with van der Waals surface area (Å²) in [7, 11) is 0. The van der Waals surface area contributed by atoms with E-state index in [1.807, 2.05) is 42.5 Å². The van der Waals surface area contributed by atoms with Crippen molar-refractivity contribution in [2.24, 2.45) is 0 Å². The summed E-state index contributed by atoms with van der Waals surface area (Å²) in [6.45, 7) is 0.646. The first-order valence-electron chi connectivity index (χ1n) is 6.92. The van der Waals surface area contributed by atoms with E-state index in [0.29, 0.717) is 6.54 Å². The molecule has 2 N–H and O–H groups in total. The molecule has 3 aromatic rings. The first kappa shape index (κ1) is 13.5. The molecule has 0 aliphatic carbocycles. The fraction of sp³-hybridized carbons (Fsp3) is 0.111.